The minimum Gasteiger partial charge on any atom is -0.384 e. The van der Waals surface area contributed by atoms with E-state index in [0.717, 1.165) is 25.9 Å². The molecule has 3 rings (SSSR count). The number of amidine groups is 1. The number of methoxy groups -OCH3 is 1. The molecule has 27 heavy (non-hydrogen) atoms. The lowest BCUT2D eigenvalue weighted by Gasteiger charge is -2.37. The molecule has 2 aliphatic rings. The number of rotatable bonds is 6. The number of sulfonamides is 1. The van der Waals surface area contributed by atoms with Crippen molar-refractivity contribution < 1.29 is 17.9 Å². The molecule has 10 heteroatoms. The Hall–Kier alpha value is -1.68. The smallest absolute Gasteiger partial charge is 0.263 e. The van der Waals surface area contributed by atoms with E-state index in [2.05, 4.69) is 20.3 Å². The summed E-state index contributed by atoms with van der Waals surface area (Å²) in [6.07, 6.45) is 1.87. The Morgan fingerprint density at radius 1 is 1.30 bits per heavy atom. The van der Waals surface area contributed by atoms with E-state index in [0.29, 0.717) is 18.7 Å². The minimum atomic E-state index is -3.59. The van der Waals surface area contributed by atoms with E-state index in [1.807, 2.05) is 0 Å². The van der Waals surface area contributed by atoms with Gasteiger partial charge in [-0.1, -0.05) is 12.1 Å². The van der Waals surface area contributed by atoms with Gasteiger partial charge in [-0.25, -0.2) is 8.42 Å². The first-order valence-corrected chi connectivity index (χ1v) is 10.1. The number of carbonyl (C=O) groups is 1. The van der Waals surface area contributed by atoms with Gasteiger partial charge in [-0.15, -0.1) is 12.4 Å². The maximum atomic E-state index is 12.2. The van der Waals surface area contributed by atoms with Gasteiger partial charge in [0, 0.05) is 24.6 Å². The summed E-state index contributed by atoms with van der Waals surface area (Å²) < 4.78 is 31.8. The average molecular weight is 417 g/mol. The maximum absolute atomic E-state index is 12.2. The average Bonchev–Trinajstić information content (AvgIpc) is 2.90. The van der Waals surface area contributed by atoms with Crippen LogP contribution in [0.2, 0.25) is 0 Å². The Labute approximate surface area is 165 Å². The van der Waals surface area contributed by atoms with Gasteiger partial charge < -0.3 is 15.4 Å². The van der Waals surface area contributed by atoms with Gasteiger partial charge >= 0.3 is 0 Å². The van der Waals surface area contributed by atoms with Gasteiger partial charge in [0.15, 0.2) is 0 Å². The highest BCUT2D eigenvalue weighted by molar-refractivity contribution is 7.90. The van der Waals surface area contributed by atoms with Crippen molar-refractivity contribution in [1.29, 1.82) is 0 Å². The molecule has 8 nitrogen and oxygen atoms in total. The van der Waals surface area contributed by atoms with Crippen LogP contribution < -0.4 is 15.4 Å². The Kier molecular flexibility index (Phi) is 7.21. The zero-order chi connectivity index (χ0) is 18.6. The molecule has 0 unspecified atom stereocenters. The topological polar surface area (TPSA) is 109 Å². The van der Waals surface area contributed by atoms with E-state index in [9.17, 15) is 13.2 Å². The number of hydrogen-bond donors (Lipinski definition) is 3. The number of hydrogen-bond acceptors (Lipinski definition) is 6. The Bertz CT molecular complexity index is 801. The standard InChI is InChI=1S/C17H24N4O4S.ClH/c1-25-12-17(6-8-18-9-7-17)11-20-15(22)10-19-16-13-4-2-3-5-14(13)26(23,24)21-16;/h2-5,18H,6-12H2,1H3,(H,19,21)(H,20,22);1H. The second kappa shape index (κ2) is 9.01. The molecule has 0 spiro atoms. The van der Waals surface area contributed by atoms with Crippen LogP contribution in [0.3, 0.4) is 0 Å². The number of nitrogens with one attached hydrogen (secondary N) is 3. The molecule has 2 aliphatic heterocycles. The van der Waals surface area contributed by atoms with Crippen LogP contribution in [0.5, 0.6) is 0 Å². The Balaban J connectivity index is 0.00000261. The third-order valence-electron chi connectivity index (χ3n) is 4.82. The van der Waals surface area contributed by atoms with Crippen molar-refractivity contribution in [2.75, 3.05) is 39.9 Å². The van der Waals surface area contributed by atoms with Crippen LogP contribution in [0, 0.1) is 5.41 Å². The highest BCUT2D eigenvalue weighted by Gasteiger charge is 2.33. The molecule has 150 valence electrons. The summed E-state index contributed by atoms with van der Waals surface area (Å²) in [5, 5.41) is 6.23. The van der Waals surface area contributed by atoms with Crippen LogP contribution in [0.15, 0.2) is 34.2 Å². The first kappa shape index (κ1) is 21.6. The van der Waals surface area contributed by atoms with E-state index in [-0.39, 0.29) is 41.0 Å². The van der Waals surface area contributed by atoms with Crippen molar-refractivity contribution in [1.82, 2.24) is 15.4 Å². The lowest BCUT2D eigenvalue weighted by atomic mass is 9.79. The zero-order valence-corrected chi connectivity index (χ0v) is 16.8. The van der Waals surface area contributed by atoms with Crippen LogP contribution in [0.1, 0.15) is 18.4 Å². The number of benzene rings is 1. The van der Waals surface area contributed by atoms with Gasteiger partial charge in [0.25, 0.3) is 10.0 Å². The SMILES string of the molecule is COCC1(CNC(=O)CN=C2NS(=O)(=O)c3ccccc32)CCNCC1.Cl. The molecule has 0 bridgehead atoms. The molecule has 0 aromatic heterocycles. The van der Waals surface area contributed by atoms with Crippen molar-refractivity contribution in [3.8, 4) is 0 Å². The zero-order valence-electron chi connectivity index (χ0n) is 15.2. The molecular formula is C17H25ClN4O4S. The van der Waals surface area contributed by atoms with Gasteiger partial charge in [-0.2, -0.15) is 0 Å². The molecular weight excluding hydrogens is 392 g/mol. The lowest BCUT2D eigenvalue weighted by Crippen LogP contribution is -2.47. The van der Waals surface area contributed by atoms with E-state index in [4.69, 9.17) is 4.74 Å². The number of ether oxygens (including phenoxy) is 1. The first-order chi connectivity index (χ1) is 12.5. The molecule has 1 amide bonds. The van der Waals surface area contributed by atoms with Crippen molar-refractivity contribution in [2.45, 2.75) is 17.7 Å². The van der Waals surface area contributed by atoms with Gasteiger partial charge in [0.05, 0.1) is 11.5 Å². The van der Waals surface area contributed by atoms with Gasteiger partial charge in [-0.3, -0.25) is 14.5 Å². The fourth-order valence-corrected chi connectivity index (χ4v) is 4.63. The molecule has 1 aromatic rings. The maximum Gasteiger partial charge on any atom is 0.263 e. The van der Waals surface area contributed by atoms with E-state index >= 15 is 0 Å². The van der Waals surface area contributed by atoms with Gasteiger partial charge in [-0.05, 0) is 38.1 Å². The van der Waals surface area contributed by atoms with Crippen molar-refractivity contribution in [3.63, 3.8) is 0 Å². The summed E-state index contributed by atoms with van der Waals surface area (Å²) in [5.74, 6) is -0.0284. The van der Waals surface area contributed by atoms with E-state index in [1.54, 1.807) is 25.3 Å². The number of piperidine rings is 1. The minimum absolute atomic E-state index is 0. The predicted molar refractivity (Wildman–Crippen MR) is 105 cm³/mol. The Morgan fingerprint density at radius 2 is 2.00 bits per heavy atom. The Morgan fingerprint density at radius 3 is 2.70 bits per heavy atom. The fraction of sp³-hybridized carbons (Fsp3) is 0.529. The van der Waals surface area contributed by atoms with Crippen LogP contribution in [-0.2, 0) is 19.6 Å². The second-order valence-corrected chi connectivity index (χ2v) is 8.38. The monoisotopic (exact) mass is 416 g/mol. The number of carbonyl (C=O) groups excluding carboxylic acids is 1. The number of amides is 1. The van der Waals surface area contributed by atoms with Crippen molar-refractivity contribution >= 4 is 34.2 Å². The molecule has 0 atom stereocenters. The third kappa shape index (κ3) is 4.98. The summed E-state index contributed by atoms with van der Waals surface area (Å²) in [6.45, 7) is 2.79. The van der Waals surface area contributed by atoms with Crippen molar-refractivity contribution in [2.24, 2.45) is 10.4 Å². The summed E-state index contributed by atoms with van der Waals surface area (Å²) in [6, 6.07) is 6.59. The molecule has 1 aromatic carbocycles. The second-order valence-electron chi connectivity index (χ2n) is 6.73. The van der Waals surface area contributed by atoms with Gasteiger partial charge in [0.2, 0.25) is 5.91 Å². The largest absolute Gasteiger partial charge is 0.384 e. The molecule has 0 aliphatic carbocycles. The lowest BCUT2D eigenvalue weighted by molar-refractivity contribution is -0.120. The van der Waals surface area contributed by atoms with Crippen molar-refractivity contribution in [3.05, 3.63) is 29.8 Å². The van der Waals surface area contributed by atoms with Gasteiger partial charge in [0.1, 0.15) is 12.4 Å². The number of nitrogens with zero attached hydrogens (tertiary/aromatic N) is 1. The number of halogens is 1. The summed E-state index contributed by atoms with van der Waals surface area (Å²) >= 11 is 0. The number of fused-ring (bicyclic) bond motifs is 1. The highest BCUT2D eigenvalue weighted by atomic mass is 35.5. The summed E-state index contributed by atoms with van der Waals surface area (Å²) in [4.78, 5) is 16.6. The summed E-state index contributed by atoms with van der Waals surface area (Å²) in [7, 11) is -1.92. The van der Waals surface area contributed by atoms with Crippen LogP contribution in [-0.4, -0.2) is 60.1 Å². The first-order valence-electron chi connectivity index (χ1n) is 8.59. The fourth-order valence-electron chi connectivity index (χ4n) is 3.38. The molecule has 2 heterocycles. The van der Waals surface area contributed by atoms with Crippen LogP contribution in [0.4, 0.5) is 0 Å². The molecule has 3 N–H and O–H groups in total. The quantitative estimate of drug-likeness (QED) is 0.617. The molecule has 1 saturated heterocycles. The molecule has 0 saturated carbocycles. The number of aliphatic imine (C=N–C) groups is 1. The van der Waals surface area contributed by atoms with E-state index < -0.39 is 10.0 Å². The molecule has 1 fully saturated rings. The summed E-state index contributed by atoms with van der Waals surface area (Å²) in [5.41, 5.74) is 0.430. The highest BCUT2D eigenvalue weighted by Crippen LogP contribution is 2.28. The predicted octanol–water partition coefficient (Wildman–Crippen LogP) is 0.279. The van der Waals surface area contributed by atoms with Crippen LogP contribution >= 0.6 is 12.4 Å². The third-order valence-corrected chi connectivity index (χ3v) is 6.22. The molecule has 0 radical (unpaired) electrons. The normalized spacial score (nSPS) is 21.0. The van der Waals surface area contributed by atoms with Crippen LogP contribution in [0.25, 0.3) is 0 Å². The van der Waals surface area contributed by atoms with E-state index in [1.165, 1.54) is 6.07 Å².